The molecule has 0 aliphatic carbocycles. The molecule has 0 bridgehead atoms. The highest BCUT2D eigenvalue weighted by atomic mass is 16.5. The predicted octanol–water partition coefficient (Wildman–Crippen LogP) is 1.86. The highest BCUT2D eigenvalue weighted by Gasteiger charge is 2.45. The van der Waals surface area contributed by atoms with Crippen LogP contribution in [0.2, 0.25) is 0 Å². The van der Waals surface area contributed by atoms with Crippen molar-refractivity contribution in [1.82, 2.24) is 10.4 Å². The number of benzene rings is 2. The molecule has 2 N–H and O–H groups in total. The van der Waals surface area contributed by atoms with Gasteiger partial charge in [0, 0.05) is 6.42 Å². The van der Waals surface area contributed by atoms with Gasteiger partial charge in [-0.05, 0) is 17.5 Å². The van der Waals surface area contributed by atoms with Gasteiger partial charge in [-0.1, -0.05) is 60.7 Å². The summed E-state index contributed by atoms with van der Waals surface area (Å²) in [4.78, 5) is 48.7. The average molecular weight is 396 g/mol. The number of ketones is 1. The SMILES string of the molecule is O=C(N[C@@H](Cc1ccccc1)C(=O)C1CC(=O)N(O)C1=O)OCc1ccccc1. The summed E-state index contributed by atoms with van der Waals surface area (Å²) in [6.45, 7) is 0.0180. The van der Waals surface area contributed by atoms with E-state index in [1.165, 1.54) is 0 Å². The Morgan fingerprint density at radius 1 is 1.03 bits per heavy atom. The van der Waals surface area contributed by atoms with Gasteiger partial charge in [0.1, 0.15) is 12.5 Å². The largest absolute Gasteiger partial charge is 0.445 e. The summed E-state index contributed by atoms with van der Waals surface area (Å²) in [7, 11) is 0. The van der Waals surface area contributed by atoms with Crippen molar-refractivity contribution < 1.29 is 29.1 Å². The number of alkyl carbamates (subject to hydrolysis) is 1. The second-order valence-corrected chi connectivity index (χ2v) is 6.65. The maximum absolute atomic E-state index is 12.9. The van der Waals surface area contributed by atoms with E-state index in [9.17, 15) is 24.4 Å². The molecule has 2 aromatic rings. The third-order valence-corrected chi connectivity index (χ3v) is 4.60. The maximum Gasteiger partial charge on any atom is 0.408 e. The van der Waals surface area contributed by atoms with E-state index in [0.717, 1.165) is 11.1 Å². The van der Waals surface area contributed by atoms with Crippen LogP contribution in [0.3, 0.4) is 0 Å². The lowest BCUT2D eigenvalue weighted by Gasteiger charge is -2.20. The molecule has 2 atom stereocenters. The van der Waals surface area contributed by atoms with E-state index < -0.39 is 42.1 Å². The Morgan fingerprint density at radius 2 is 1.62 bits per heavy atom. The van der Waals surface area contributed by atoms with Crippen molar-refractivity contribution in [1.29, 1.82) is 0 Å². The van der Waals surface area contributed by atoms with Gasteiger partial charge >= 0.3 is 6.09 Å². The number of nitrogens with one attached hydrogen (secondary N) is 1. The van der Waals surface area contributed by atoms with Crippen molar-refractivity contribution in [2.75, 3.05) is 0 Å². The van der Waals surface area contributed by atoms with Crippen LogP contribution in [0.1, 0.15) is 17.5 Å². The Hall–Kier alpha value is -3.52. The normalized spacial score (nSPS) is 17.1. The molecular formula is C21H20N2O6. The van der Waals surface area contributed by atoms with Gasteiger partial charge in [-0.3, -0.25) is 19.6 Å². The summed E-state index contributed by atoms with van der Waals surface area (Å²) in [6, 6.07) is 16.9. The van der Waals surface area contributed by atoms with E-state index in [1.807, 2.05) is 24.3 Å². The van der Waals surface area contributed by atoms with Crippen molar-refractivity contribution in [3.8, 4) is 0 Å². The van der Waals surface area contributed by atoms with E-state index in [2.05, 4.69) is 5.32 Å². The topological polar surface area (TPSA) is 113 Å². The first kappa shape index (κ1) is 20.2. The Balaban J connectivity index is 1.70. The summed E-state index contributed by atoms with van der Waals surface area (Å²) in [5.41, 5.74) is 1.54. The number of carbonyl (C=O) groups excluding carboxylic acids is 4. The average Bonchev–Trinajstić information content (AvgIpc) is 3.00. The fourth-order valence-corrected chi connectivity index (χ4v) is 3.06. The number of ether oxygens (including phenoxy) is 1. The molecule has 29 heavy (non-hydrogen) atoms. The van der Waals surface area contributed by atoms with Gasteiger partial charge in [-0.25, -0.2) is 4.79 Å². The number of hydroxylamine groups is 2. The summed E-state index contributed by atoms with van der Waals surface area (Å²) in [6.07, 6.45) is -1.13. The number of amides is 3. The molecule has 3 amide bonds. The third-order valence-electron chi connectivity index (χ3n) is 4.60. The van der Waals surface area contributed by atoms with Crippen molar-refractivity contribution in [3.63, 3.8) is 0 Å². The number of hydrogen-bond acceptors (Lipinski definition) is 6. The fraction of sp³-hybridized carbons (Fsp3) is 0.238. The van der Waals surface area contributed by atoms with E-state index >= 15 is 0 Å². The van der Waals surface area contributed by atoms with E-state index in [1.54, 1.807) is 36.4 Å². The molecule has 8 heteroatoms. The molecule has 3 rings (SSSR count). The van der Waals surface area contributed by atoms with E-state index in [0.29, 0.717) is 0 Å². The lowest BCUT2D eigenvalue weighted by Crippen LogP contribution is -2.46. The van der Waals surface area contributed by atoms with Crippen LogP contribution in [0.4, 0.5) is 4.79 Å². The first-order chi connectivity index (χ1) is 14.0. The number of Topliss-reactive ketones (excluding diaryl/α,β-unsaturated/α-hetero) is 1. The number of carbonyl (C=O) groups is 4. The Morgan fingerprint density at radius 3 is 2.17 bits per heavy atom. The van der Waals surface area contributed by atoms with Gasteiger partial charge in [0.2, 0.25) is 0 Å². The predicted molar refractivity (Wildman–Crippen MR) is 100 cm³/mol. The minimum Gasteiger partial charge on any atom is -0.445 e. The molecular weight excluding hydrogens is 376 g/mol. The minimum atomic E-state index is -1.34. The molecule has 1 saturated heterocycles. The second kappa shape index (κ2) is 9.11. The van der Waals surface area contributed by atoms with Gasteiger partial charge < -0.3 is 10.1 Å². The quantitative estimate of drug-likeness (QED) is 0.420. The van der Waals surface area contributed by atoms with Crippen LogP contribution in [0.15, 0.2) is 60.7 Å². The highest BCUT2D eigenvalue weighted by molar-refractivity contribution is 6.14. The number of nitrogens with zero attached hydrogens (tertiary/aromatic N) is 1. The third kappa shape index (κ3) is 5.05. The first-order valence-electron chi connectivity index (χ1n) is 9.06. The monoisotopic (exact) mass is 396 g/mol. The van der Waals surface area contributed by atoms with Crippen LogP contribution < -0.4 is 5.32 Å². The Bertz CT molecular complexity index is 900. The van der Waals surface area contributed by atoms with E-state index in [4.69, 9.17) is 4.74 Å². The van der Waals surface area contributed by atoms with Gasteiger partial charge in [0.15, 0.2) is 5.78 Å². The molecule has 1 fully saturated rings. The summed E-state index contributed by atoms with van der Waals surface area (Å²) >= 11 is 0. The van der Waals surface area contributed by atoms with Crippen LogP contribution in [-0.4, -0.2) is 40.0 Å². The lowest BCUT2D eigenvalue weighted by molar-refractivity contribution is -0.172. The van der Waals surface area contributed by atoms with Gasteiger partial charge in [0.05, 0.1) is 6.04 Å². The molecule has 0 spiro atoms. The summed E-state index contributed by atoms with van der Waals surface area (Å²) < 4.78 is 5.16. The number of hydrogen-bond donors (Lipinski definition) is 2. The Kier molecular flexibility index (Phi) is 6.36. The molecule has 1 unspecified atom stereocenters. The minimum absolute atomic E-state index is 0.0180. The molecule has 2 aromatic carbocycles. The van der Waals surface area contributed by atoms with Crippen molar-refractivity contribution in [2.45, 2.75) is 25.5 Å². The van der Waals surface area contributed by atoms with Gasteiger partial charge in [-0.15, -0.1) is 0 Å². The zero-order valence-electron chi connectivity index (χ0n) is 15.5. The molecule has 150 valence electrons. The number of imide groups is 1. The molecule has 1 heterocycles. The van der Waals surface area contributed by atoms with Crippen molar-refractivity contribution in [2.24, 2.45) is 5.92 Å². The van der Waals surface area contributed by atoms with Crippen LogP contribution in [0.25, 0.3) is 0 Å². The summed E-state index contributed by atoms with van der Waals surface area (Å²) in [5.74, 6) is -3.83. The fourth-order valence-electron chi connectivity index (χ4n) is 3.06. The molecule has 0 saturated carbocycles. The van der Waals surface area contributed by atoms with Crippen molar-refractivity contribution in [3.05, 3.63) is 71.8 Å². The van der Waals surface area contributed by atoms with E-state index in [-0.39, 0.29) is 18.1 Å². The zero-order chi connectivity index (χ0) is 20.8. The Labute approximate surface area is 167 Å². The molecule has 8 nitrogen and oxygen atoms in total. The lowest BCUT2D eigenvalue weighted by atomic mass is 9.92. The number of rotatable bonds is 7. The molecule has 1 aliphatic heterocycles. The molecule has 0 radical (unpaired) electrons. The molecule has 0 aromatic heterocycles. The van der Waals surface area contributed by atoms with Crippen molar-refractivity contribution >= 4 is 23.7 Å². The highest BCUT2D eigenvalue weighted by Crippen LogP contribution is 2.21. The maximum atomic E-state index is 12.9. The smallest absolute Gasteiger partial charge is 0.408 e. The first-order valence-corrected chi connectivity index (χ1v) is 9.06. The summed E-state index contributed by atoms with van der Waals surface area (Å²) in [5, 5.41) is 11.9. The van der Waals surface area contributed by atoms with Crippen LogP contribution >= 0.6 is 0 Å². The van der Waals surface area contributed by atoms with Crippen LogP contribution in [-0.2, 0) is 32.1 Å². The standard InChI is InChI=1S/C21H20N2O6/c24-18-12-16(20(26)23(18)28)19(25)17(11-14-7-3-1-4-8-14)22-21(27)29-13-15-9-5-2-6-10-15/h1-10,16-17,28H,11-13H2,(H,22,27)/t16?,17-/m0/s1. The van der Waals surface area contributed by atoms with Gasteiger partial charge in [-0.2, -0.15) is 5.06 Å². The van der Waals surface area contributed by atoms with Crippen LogP contribution in [0.5, 0.6) is 0 Å². The zero-order valence-corrected chi connectivity index (χ0v) is 15.5. The van der Waals surface area contributed by atoms with Gasteiger partial charge in [0.25, 0.3) is 11.8 Å². The second-order valence-electron chi connectivity index (χ2n) is 6.65. The molecule has 1 aliphatic rings. The van der Waals surface area contributed by atoms with Crippen LogP contribution in [0, 0.1) is 5.92 Å².